The summed E-state index contributed by atoms with van der Waals surface area (Å²) >= 11 is 0. The first-order valence-electron chi connectivity index (χ1n) is 8.86. The maximum absolute atomic E-state index is 14.2. The summed E-state index contributed by atoms with van der Waals surface area (Å²) in [6.45, 7) is 2.55. The number of aryl methyl sites for hydroxylation is 2. The molecule has 1 saturated heterocycles. The van der Waals surface area contributed by atoms with Gasteiger partial charge in [-0.15, -0.1) is 0 Å². The van der Waals surface area contributed by atoms with Crippen molar-refractivity contribution < 1.29 is 13.9 Å². The van der Waals surface area contributed by atoms with Crippen molar-refractivity contribution in [2.24, 2.45) is 12.8 Å². The number of rotatable bonds is 4. The number of ether oxygens (including phenoxy) is 1. The number of anilines is 2. The Bertz CT molecular complexity index is 1200. The number of imidazole rings is 1. The van der Waals surface area contributed by atoms with Crippen LogP contribution < -0.4 is 16.7 Å². The molecule has 0 saturated carbocycles. The number of nitrogens with two attached hydrogens (primary N) is 1. The van der Waals surface area contributed by atoms with Crippen molar-refractivity contribution in [1.29, 1.82) is 0 Å². The van der Waals surface area contributed by atoms with Gasteiger partial charge in [0.1, 0.15) is 11.3 Å². The van der Waals surface area contributed by atoms with Crippen molar-refractivity contribution in [2.45, 2.75) is 18.5 Å². The minimum atomic E-state index is -0.843. The number of nitrogens with one attached hydrogen (secondary N) is 1. The van der Waals surface area contributed by atoms with Crippen LogP contribution in [0.3, 0.4) is 0 Å². The van der Waals surface area contributed by atoms with E-state index in [2.05, 4.69) is 25.5 Å². The lowest BCUT2D eigenvalue weighted by Gasteiger charge is -2.23. The van der Waals surface area contributed by atoms with Gasteiger partial charge < -0.3 is 15.8 Å². The van der Waals surface area contributed by atoms with Crippen LogP contribution in [0.25, 0.3) is 11.2 Å². The van der Waals surface area contributed by atoms with Crippen molar-refractivity contribution in [3.8, 4) is 0 Å². The van der Waals surface area contributed by atoms with Crippen molar-refractivity contribution in [3.63, 3.8) is 0 Å². The largest absolute Gasteiger partial charge is 0.379 e. The molecule has 3 heterocycles. The zero-order chi connectivity index (χ0) is 20.9. The van der Waals surface area contributed by atoms with Crippen molar-refractivity contribution in [3.05, 3.63) is 45.8 Å². The summed E-state index contributed by atoms with van der Waals surface area (Å²) in [5, 5.41) is 2.24. The molecule has 1 atom stereocenters. The fourth-order valence-corrected chi connectivity index (χ4v) is 3.82. The van der Waals surface area contributed by atoms with Gasteiger partial charge in [-0.3, -0.25) is 13.9 Å². The molecule has 3 N–H and O–H groups in total. The molecule has 3 aromatic rings. The van der Waals surface area contributed by atoms with E-state index in [0.29, 0.717) is 42.0 Å². The van der Waals surface area contributed by atoms with Crippen LogP contribution in [-0.2, 0) is 16.9 Å². The maximum atomic E-state index is 14.2. The van der Waals surface area contributed by atoms with Gasteiger partial charge in [-0.2, -0.15) is 4.98 Å². The van der Waals surface area contributed by atoms with Gasteiger partial charge in [0.25, 0.3) is 5.91 Å². The summed E-state index contributed by atoms with van der Waals surface area (Å²) < 4.78 is 22.6. The first kappa shape index (κ1) is 19.3. The van der Waals surface area contributed by atoms with Crippen molar-refractivity contribution in [1.82, 2.24) is 19.1 Å². The molecular weight excluding hydrogens is 395 g/mol. The molecule has 4 rings (SSSR count). The predicted molar refractivity (Wildman–Crippen MR) is 105 cm³/mol. The highest BCUT2D eigenvalue weighted by molar-refractivity contribution is 6.14. The summed E-state index contributed by atoms with van der Waals surface area (Å²) in [7, 11) is 5.33. The Labute approximate surface area is 168 Å². The molecule has 3 radical (unpaired) electrons. The Morgan fingerprint density at radius 2 is 2.21 bits per heavy atom. The number of nitrogens with zero attached hydrogens (tertiary/aromatic N) is 4. The minimum absolute atomic E-state index is 0.181. The third-order valence-corrected chi connectivity index (χ3v) is 5.67. The molecule has 0 unspecified atom stereocenters. The normalized spacial score (nSPS) is 19.0. The van der Waals surface area contributed by atoms with Gasteiger partial charge in [0.15, 0.2) is 5.65 Å². The number of fused-ring (bicyclic) bond motifs is 1. The van der Waals surface area contributed by atoms with E-state index in [9.17, 15) is 14.0 Å². The van der Waals surface area contributed by atoms with E-state index in [-0.39, 0.29) is 17.2 Å². The molecule has 1 amide bonds. The third-order valence-electron chi connectivity index (χ3n) is 5.06. The molecule has 9 nitrogen and oxygen atoms in total. The van der Waals surface area contributed by atoms with Crippen LogP contribution in [0.15, 0.2) is 23.1 Å². The highest BCUT2D eigenvalue weighted by Gasteiger charge is 2.36. The number of halogens is 1. The Balaban J connectivity index is 1.80. The molecule has 0 spiro atoms. The lowest BCUT2D eigenvalue weighted by atomic mass is 10.1. The molecular formula is C18H18FN6O3Si. The second-order valence-corrected chi connectivity index (χ2v) is 7.98. The van der Waals surface area contributed by atoms with Crippen LogP contribution in [0.4, 0.5) is 16.0 Å². The summed E-state index contributed by atoms with van der Waals surface area (Å²) in [5.74, 6) is -1.41. The van der Waals surface area contributed by atoms with Gasteiger partial charge in [0, 0.05) is 19.3 Å². The van der Waals surface area contributed by atoms with Gasteiger partial charge in [-0.25, -0.2) is 14.2 Å². The number of aromatic nitrogens is 4. The molecule has 149 valence electrons. The quantitative estimate of drug-likeness (QED) is 0.607. The molecule has 29 heavy (non-hydrogen) atoms. The Hall–Kier alpha value is -3.05. The van der Waals surface area contributed by atoms with E-state index in [4.69, 9.17) is 10.5 Å². The first-order chi connectivity index (χ1) is 13.7. The van der Waals surface area contributed by atoms with Crippen LogP contribution in [-0.4, -0.2) is 48.5 Å². The van der Waals surface area contributed by atoms with Crippen LogP contribution >= 0.6 is 0 Å². The van der Waals surface area contributed by atoms with E-state index >= 15 is 0 Å². The first-order valence-corrected chi connectivity index (χ1v) is 9.36. The van der Waals surface area contributed by atoms with E-state index in [0.717, 1.165) is 6.07 Å². The molecule has 0 aliphatic carbocycles. The summed E-state index contributed by atoms with van der Waals surface area (Å²) in [5.41, 5.74) is 6.69. The summed E-state index contributed by atoms with van der Waals surface area (Å²) in [6.07, 6.45) is 2.13. The number of carbonyl (C=O) groups excluding carboxylic acids is 1. The van der Waals surface area contributed by atoms with Crippen molar-refractivity contribution in [2.75, 3.05) is 18.5 Å². The van der Waals surface area contributed by atoms with Gasteiger partial charge >= 0.3 is 5.69 Å². The summed E-state index contributed by atoms with van der Waals surface area (Å²) in [6, 6.07) is 2.53. The van der Waals surface area contributed by atoms with Crippen LogP contribution in [0.2, 0.25) is 0 Å². The number of hydrogen-bond donors (Lipinski definition) is 2. The number of hydrogen-bond acceptors (Lipinski definition) is 6. The lowest BCUT2D eigenvalue weighted by molar-refractivity contribution is 0.0996. The van der Waals surface area contributed by atoms with Gasteiger partial charge in [-0.1, -0.05) is 0 Å². The van der Waals surface area contributed by atoms with Crippen LogP contribution in [0.5, 0.6) is 0 Å². The average molecular weight is 413 g/mol. The predicted octanol–water partition coefficient (Wildman–Crippen LogP) is 0.662. The zero-order valence-corrected chi connectivity index (χ0v) is 16.8. The fourth-order valence-electron chi connectivity index (χ4n) is 3.41. The molecule has 1 fully saturated rings. The monoisotopic (exact) mass is 413 g/mol. The second-order valence-electron chi connectivity index (χ2n) is 7.05. The van der Waals surface area contributed by atoms with Gasteiger partial charge in [0.05, 0.1) is 33.8 Å². The standard InChI is InChI=1S/C18H18FN6O3Si/c1-9-5-10(14(20)26)11(19)6-12(9)22-16-21-7-13-15(23-16)25(17(27)24(13)2)18(29)3-4-28-8-18/h5-7H,3-4,8H2,1-2H3,(H2,20,26)(H,21,22,23)/t18-/m1/s1. The lowest BCUT2D eigenvalue weighted by Crippen LogP contribution is -2.42. The van der Waals surface area contributed by atoms with E-state index in [1.807, 2.05) is 0 Å². The smallest absolute Gasteiger partial charge is 0.330 e. The Kier molecular flexibility index (Phi) is 4.50. The topological polar surface area (TPSA) is 117 Å². The van der Waals surface area contributed by atoms with Gasteiger partial charge in [0.2, 0.25) is 5.95 Å². The minimum Gasteiger partial charge on any atom is -0.379 e. The van der Waals surface area contributed by atoms with Crippen LogP contribution in [0, 0.1) is 12.7 Å². The van der Waals surface area contributed by atoms with E-state index in [1.165, 1.54) is 16.8 Å². The SMILES string of the molecule is Cc1cc(C(N)=O)c(F)cc1Nc1ncc2c(n1)n([C@@]1([Si])CCOC1)c(=O)n2C. The number of benzene rings is 1. The highest BCUT2D eigenvalue weighted by Crippen LogP contribution is 2.27. The molecule has 11 heteroatoms. The zero-order valence-electron chi connectivity index (χ0n) is 15.8. The highest BCUT2D eigenvalue weighted by atomic mass is 28.1. The molecule has 0 bridgehead atoms. The Morgan fingerprint density at radius 3 is 2.86 bits per heavy atom. The summed E-state index contributed by atoms with van der Waals surface area (Å²) in [4.78, 5) is 32.8. The third kappa shape index (κ3) is 3.11. The van der Waals surface area contributed by atoms with Crippen molar-refractivity contribution >= 4 is 38.9 Å². The average Bonchev–Trinajstić information content (AvgIpc) is 3.20. The number of amides is 1. The molecule has 1 aromatic carbocycles. The number of carbonyl (C=O) groups is 1. The maximum Gasteiger partial charge on any atom is 0.330 e. The molecule has 2 aromatic heterocycles. The fraction of sp³-hybridized carbons (Fsp3) is 0.333. The van der Waals surface area contributed by atoms with Crippen LogP contribution in [0.1, 0.15) is 22.3 Å². The van der Waals surface area contributed by atoms with Gasteiger partial charge in [-0.05, 0) is 31.0 Å². The Morgan fingerprint density at radius 1 is 1.45 bits per heavy atom. The molecule has 1 aliphatic rings. The van der Waals surface area contributed by atoms with E-state index in [1.54, 1.807) is 18.5 Å². The number of primary amides is 1. The molecule has 1 aliphatic heterocycles. The van der Waals surface area contributed by atoms with E-state index < -0.39 is 16.9 Å². The second kappa shape index (κ2) is 6.78.